The van der Waals surface area contributed by atoms with E-state index < -0.39 is 0 Å². The fraction of sp³-hybridized carbons (Fsp3) is 1.00. The van der Waals surface area contributed by atoms with Crippen molar-refractivity contribution in [3.8, 4) is 0 Å². The molecule has 0 saturated heterocycles. The first-order valence-electron chi connectivity index (χ1n) is 7.47. The lowest BCUT2D eigenvalue weighted by molar-refractivity contribution is 0.241. The Balaban J connectivity index is 2.05. The third kappa shape index (κ3) is 7.05. The minimum absolute atomic E-state index is 0.762. The molecule has 0 heterocycles. The van der Waals surface area contributed by atoms with Gasteiger partial charge in [-0.05, 0) is 50.7 Å². The predicted molar refractivity (Wildman–Crippen MR) is 76.3 cm³/mol. The van der Waals surface area contributed by atoms with Gasteiger partial charge in [0, 0.05) is 13.1 Å². The van der Waals surface area contributed by atoms with E-state index in [0.717, 1.165) is 30.8 Å². The quantitative estimate of drug-likeness (QED) is 0.701. The molecular weight excluding hydrogens is 208 g/mol. The van der Waals surface area contributed by atoms with Crippen LogP contribution in [0.15, 0.2) is 0 Å². The van der Waals surface area contributed by atoms with Gasteiger partial charge in [-0.3, -0.25) is 0 Å². The Labute approximate surface area is 108 Å². The summed E-state index contributed by atoms with van der Waals surface area (Å²) in [6, 6.07) is 0. The van der Waals surface area contributed by atoms with Crippen LogP contribution in [0.4, 0.5) is 0 Å². The molecule has 1 aliphatic rings. The summed E-state index contributed by atoms with van der Waals surface area (Å²) in [7, 11) is 2.29. The highest BCUT2D eigenvalue weighted by Gasteiger charge is 2.17. The minimum atomic E-state index is 0.762. The van der Waals surface area contributed by atoms with E-state index in [-0.39, 0.29) is 0 Å². The highest BCUT2D eigenvalue weighted by atomic mass is 15.1. The minimum Gasteiger partial charge on any atom is -0.316 e. The Morgan fingerprint density at radius 3 is 2.35 bits per heavy atom. The van der Waals surface area contributed by atoms with Crippen LogP contribution in [0.1, 0.15) is 46.5 Å². The third-order valence-electron chi connectivity index (χ3n) is 3.71. The zero-order valence-electron chi connectivity index (χ0n) is 12.3. The van der Waals surface area contributed by atoms with Gasteiger partial charge in [0.25, 0.3) is 0 Å². The number of nitrogens with zero attached hydrogens (tertiary/aromatic N) is 1. The zero-order valence-corrected chi connectivity index (χ0v) is 12.3. The molecule has 0 radical (unpaired) electrons. The highest BCUT2D eigenvalue weighted by Crippen LogP contribution is 2.25. The Hall–Kier alpha value is -0.0800. The molecule has 0 bridgehead atoms. The molecule has 0 aromatic carbocycles. The van der Waals surface area contributed by atoms with Gasteiger partial charge in [0.1, 0.15) is 0 Å². The summed E-state index contributed by atoms with van der Waals surface area (Å²) in [5.74, 6) is 2.51. The van der Waals surface area contributed by atoms with Gasteiger partial charge in [-0.25, -0.2) is 0 Å². The second-order valence-electron chi connectivity index (χ2n) is 6.53. The van der Waals surface area contributed by atoms with E-state index in [4.69, 9.17) is 0 Å². The summed E-state index contributed by atoms with van der Waals surface area (Å²) in [4.78, 5) is 2.54. The fourth-order valence-electron chi connectivity index (χ4n) is 2.92. The second kappa shape index (κ2) is 8.10. The summed E-state index contributed by atoms with van der Waals surface area (Å²) in [6.45, 7) is 11.8. The molecule has 102 valence electrons. The van der Waals surface area contributed by atoms with Crippen LogP contribution in [-0.2, 0) is 0 Å². The molecule has 1 saturated carbocycles. The van der Waals surface area contributed by atoms with E-state index in [0.29, 0.717) is 0 Å². The van der Waals surface area contributed by atoms with Crippen molar-refractivity contribution in [3.05, 3.63) is 0 Å². The maximum absolute atomic E-state index is 3.56. The lowest BCUT2D eigenvalue weighted by Gasteiger charge is -2.24. The van der Waals surface area contributed by atoms with Crippen LogP contribution in [0.3, 0.4) is 0 Å². The molecule has 1 atom stereocenters. The van der Waals surface area contributed by atoms with Crippen molar-refractivity contribution in [2.75, 3.05) is 33.2 Å². The molecule has 2 nitrogen and oxygen atoms in total. The first-order chi connectivity index (χ1) is 8.08. The maximum Gasteiger partial charge on any atom is 0.00162 e. The van der Waals surface area contributed by atoms with Crippen molar-refractivity contribution in [2.45, 2.75) is 46.5 Å². The fourth-order valence-corrected chi connectivity index (χ4v) is 2.92. The number of nitrogens with one attached hydrogen (secondary N) is 1. The van der Waals surface area contributed by atoms with Crippen molar-refractivity contribution < 1.29 is 0 Å². The third-order valence-corrected chi connectivity index (χ3v) is 3.71. The summed E-state index contributed by atoms with van der Waals surface area (Å²) < 4.78 is 0. The molecule has 0 aromatic rings. The molecule has 1 aliphatic carbocycles. The van der Waals surface area contributed by atoms with Crippen LogP contribution in [0.5, 0.6) is 0 Å². The normalized spacial score (nSPS) is 19.4. The van der Waals surface area contributed by atoms with E-state index in [1.807, 2.05) is 0 Å². The Bertz CT molecular complexity index is 185. The molecule has 0 aromatic heterocycles. The lowest BCUT2D eigenvalue weighted by atomic mass is 10.1. The standard InChI is InChI=1S/C15H32N2/c1-13(2)9-16-10-14(3)11-17(4)12-15-7-5-6-8-15/h13-16H,5-12H2,1-4H3. The maximum atomic E-state index is 3.56. The van der Waals surface area contributed by atoms with Gasteiger partial charge in [-0.15, -0.1) is 0 Å². The van der Waals surface area contributed by atoms with E-state index in [1.54, 1.807) is 0 Å². The average molecular weight is 240 g/mol. The van der Waals surface area contributed by atoms with Gasteiger partial charge < -0.3 is 10.2 Å². The number of hydrogen-bond acceptors (Lipinski definition) is 2. The second-order valence-corrected chi connectivity index (χ2v) is 6.53. The predicted octanol–water partition coefficient (Wildman–Crippen LogP) is 2.99. The Morgan fingerprint density at radius 2 is 1.76 bits per heavy atom. The van der Waals surface area contributed by atoms with Gasteiger partial charge in [0.2, 0.25) is 0 Å². The van der Waals surface area contributed by atoms with E-state index in [2.05, 4.69) is 38.0 Å². The van der Waals surface area contributed by atoms with Gasteiger partial charge in [-0.2, -0.15) is 0 Å². The largest absolute Gasteiger partial charge is 0.316 e. The molecule has 1 rings (SSSR count). The number of hydrogen-bond donors (Lipinski definition) is 1. The van der Waals surface area contributed by atoms with Crippen LogP contribution >= 0.6 is 0 Å². The van der Waals surface area contributed by atoms with Gasteiger partial charge in [0.05, 0.1) is 0 Å². The highest BCUT2D eigenvalue weighted by molar-refractivity contribution is 4.71. The molecule has 0 amide bonds. The monoisotopic (exact) mass is 240 g/mol. The first-order valence-corrected chi connectivity index (χ1v) is 7.47. The first kappa shape index (κ1) is 15.0. The summed E-state index contributed by atoms with van der Waals surface area (Å²) >= 11 is 0. The summed E-state index contributed by atoms with van der Waals surface area (Å²) in [5.41, 5.74) is 0. The van der Waals surface area contributed by atoms with E-state index >= 15 is 0 Å². The molecule has 2 heteroatoms. The summed E-state index contributed by atoms with van der Waals surface area (Å²) in [6.07, 6.45) is 5.85. The molecule has 1 unspecified atom stereocenters. The molecule has 1 N–H and O–H groups in total. The van der Waals surface area contributed by atoms with Crippen molar-refractivity contribution in [3.63, 3.8) is 0 Å². The van der Waals surface area contributed by atoms with Gasteiger partial charge >= 0.3 is 0 Å². The SMILES string of the molecule is CC(C)CNCC(C)CN(C)CC1CCCC1. The van der Waals surface area contributed by atoms with Crippen molar-refractivity contribution in [2.24, 2.45) is 17.8 Å². The molecule has 17 heavy (non-hydrogen) atoms. The van der Waals surface area contributed by atoms with Crippen LogP contribution in [-0.4, -0.2) is 38.1 Å². The number of rotatable bonds is 8. The molecule has 0 spiro atoms. The van der Waals surface area contributed by atoms with Gasteiger partial charge in [-0.1, -0.05) is 33.6 Å². The Morgan fingerprint density at radius 1 is 1.12 bits per heavy atom. The Kier molecular flexibility index (Phi) is 7.14. The van der Waals surface area contributed by atoms with E-state index in [1.165, 1.54) is 38.8 Å². The van der Waals surface area contributed by atoms with Crippen molar-refractivity contribution >= 4 is 0 Å². The van der Waals surface area contributed by atoms with Crippen LogP contribution in [0.2, 0.25) is 0 Å². The van der Waals surface area contributed by atoms with Crippen molar-refractivity contribution in [1.29, 1.82) is 0 Å². The molecule has 1 fully saturated rings. The van der Waals surface area contributed by atoms with Gasteiger partial charge in [0.15, 0.2) is 0 Å². The average Bonchev–Trinajstić information content (AvgIpc) is 2.69. The summed E-state index contributed by atoms with van der Waals surface area (Å²) in [5, 5.41) is 3.56. The van der Waals surface area contributed by atoms with Crippen LogP contribution < -0.4 is 5.32 Å². The van der Waals surface area contributed by atoms with Crippen LogP contribution in [0.25, 0.3) is 0 Å². The smallest absolute Gasteiger partial charge is 0.00162 e. The van der Waals surface area contributed by atoms with E-state index in [9.17, 15) is 0 Å². The molecule has 0 aliphatic heterocycles. The zero-order chi connectivity index (χ0) is 12.7. The molecular formula is C15H32N2. The van der Waals surface area contributed by atoms with Crippen molar-refractivity contribution in [1.82, 2.24) is 10.2 Å². The lowest BCUT2D eigenvalue weighted by Crippen LogP contribution is -2.34. The van der Waals surface area contributed by atoms with Crippen LogP contribution in [0, 0.1) is 17.8 Å². The topological polar surface area (TPSA) is 15.3 Å².